The van der Waals surface area contributed by atoms with E-state index in [1.165, 1.54) is 4.90 Å². The quantitative estimate of drug-likeness (QED) is 0.735. The average Bonchev–Trinajstić information content (AvgIpc) is 2.96. The molecular weight excluding hydrogens is 416 g/mol. The molecule has 1 aromatic heterocycles. The molecule has 4 rings (SSSR count). The summed E-state index contributed by atoms with van der Waals surface area (Å²) in [5.41, 5.74) is 7.44. The molecule has 2 aliphatic rings. The summed E-state index contributed by atoms with van der Waals surface area (Å²) in [4.78, 5) is 23.6. The van der Waals surface area contributed by atoms with Crippen molar-refractivity contribution in [2.75, 3.05) is 13.7 Å². The van der Waals surface area contributed by atoms with Crippen molar-refractivity contribution in [1.29, 1.82) is 0 Å². The summed E-state index contributed by atoms with van der Waals surface area (Å²) in [6.45, 7) is 4.70. The summed E-state index contributed by atoms with van der Waals surface area (Å²) < 4.78 is 12.0. The molecule has 0 aliphatic carbocycles. The number of carbonyl (C=O) groups excluding carboxylic acids is 1. The number of benzene rings is 1. The number of halogens is 1. The summed E-state index contributed by atoms with van der Waals surface area (Å²) in [6, 6.07) is 7.62. The molecule has 1 spiro atoms. The second-order valence-electron chi connectivity index (χ2n) is 8.08. The van der Waals surface area contributed by atoms with Gasteiger partial charge in [-0.05, 0) is 50.5 Å². The average molecular weight is 443 g/mol. The van der Waals surface area contributed by atoms with Gasteiger partial charge in [0.25, 0.3) is 5.91 Å². The van der Waals surface area contributed by atoms with Crippen molar-refractivity contribution >= 4 is 23.5 Å². The summed E-state index contributed by atoms with van der Waals surface area (Å²) in [5, 5.41) is 0.545. The standard InChI is InChI=1S/C23H27ClN4O3/c1-4-30-14(2)5-7-18-11-23(21(29)28(3)22(25)27-23)19-10-15(6-8-20(19)31-18)16-9-17(24)13-26-12-16/h6,8-10,12-14,18H,4-5,7,11H2,1-3H3,(H2,25,27)/t14?,18-,23?/m0/s1. The highest BCUT2D eigenvalue weighted by molar-refractivity contribution is 6.30. The van der Waals surface area contributed by atoms with Crippen molar-refractivity contribution in [3.05, 3.63) is 47.2 Å². The summed E-state index contributed by atoms with van der Waals surface area (Å²) in [7, 11) is 1.65. The Morgan fingerprint density at radius 2 is 2.16 bits per heavy atom. The Balaban J connectivity index is 1.73. The van der Waals surface area contributed by atoms with Crippen LogP contribution >= 0.6 is 11.6 Å². The van der Waals surface area contributed by atoms with E-state index in [-0.39, 0.29) is 24.1 Å². The number of nitrogens with two attached hydrogens (primary N) is 1. The Kier molecular flexibility index (Phi) is 5.90. The molecule has 0 radical (unpaired) electrons. The van der Waals surface area contributed by atoms with Gasteiger partial charge in [0.1, 0.15) is 11.9 Å². The number of aromatic nitrogens is 1. The van der Waals surface area contributed by atoms with Crippen molar-refractivity contribution in [2.24, 2.45) is 10.7 Å². The molecule has 0 saturated heterocycles. The maximum absolute atomic E-state index is 13.4. The molecule has 2 N–H and O–H groups in total. The molecule has 1 aromatic carbocycles. The molecule has 3 atom stereocenters. The number of nitrogens with zero attached hydrogens (tertiary/aromatic N) is 3. The van der Waals surface area contributed by atoms with Crippen LogP contribution in [0, 0.1) is 0 Å². The van der Waals surface area contributed by atoms with Gasteiger partial charge in [0.15, 0.2) is 11.5 Å². The van der Waals surface area contributed by atoms with Crippen LogP contribution in [0.25, 0.3) is 11.1 Å². The van der Waals surface area contributed by atoms with Crippen molar-refractivity contribution in [3.63, 3.8) is 0 Å². The normalized spacial score (nSPS) is 23.5. The largest absolute Gasteiger partial charge is 0.490 e. The molecule has 1 amide bonds. The smallest absolute Gasteiger partial charge is 0.261 e. The van der Waals surface area contributed by atoms with Crippen LogP contribution in [-0.2, 0) is 15.1 Å². The van der Waals surface area contributed by atoms with Crippen LogP contribution in [0.4, 0.5) is 0 Å². The minimum Gasteiger partial charge on any atom is -0.490 e. The van der Waals surface area contributed by atoms with Gasteiger partial charge in [-0.25, -0.2) is 4.99 Å². The minimum atomic E-state index is -1.09. The highest BCUT2D eigenvalue weighted by atomic mass is 35.5. The van der Waals surface area contributed by atoms with Crippen molar-refractivity contribution in [3.8, 4) is 16.9 Å². The monoisotopic (exact) mass is 442 g/mol. The molecule has 0 fully saturated rings. The number of ether oxygens (including phenoxy) is 2. The molecule has 0 saturated carbocycles. The molecular formula is C23H27ClN4O3. The van der Waals surface area contributed by atoms with Gasteiger partial charge in [-0.2, -0.15) is 0 Å². The van der Waals surface area contributed by atoms with Crippen LogP contribution in [0.15, 0.2) is 41.7 Å². The van der Waals surface area contributed by atoms with Gasteiger partial charge in [0.2, 0.25) is 0 Å². The van der Waals surface area contributed by atoms with E-state index >= 15 is 0 Å². The zero-order chi connectivity index (χ0) is 22.2. The number of aliphatic imine (C=N–C) groups is 1. The Bertz CT molecular complexity index is 1030. The van der Waals surface area contributed by atoms with Gasteiger partial charge in [0, 0.05) is 43.6 Å². The number of guanidine groups is 1. The van der Waals surface area contributed by atoms with Crippen LogP contribution in [0.5, 0.6) is 5.75 Å². The van der Waals surface area contributed by atoms with E-state index < -0.39 is 5.54 Å². The van der Waals surface area contributed by atoms with Gasteiger partial charge in [-0.1, -0.05) is 17.7 Å². The second kappa shape index (κ2) is 8.48. The summed E-state index contributed by atoms with van der Waals surface area (Å²) in [5.74, 6) is 0.729. The SMILES string of the molecule is CCOC(C)CC[C@H]1CC2(N=C(N)N(C)C2=O)c2cc(-c3cncc(Cl)c3)ccc2O1. The zero-order valence-electron chi connectivity index (χ0n) is 18.0. The number of hydrogen-bond donors (Lipinski definition) is 1. The maximum atomic E-state index is 13.4. The van der Waals surface area contributed by atoms with Crippen LogP contribution in [-0.4, -0.2) is 47.6 Å². The fraction of sp³-hybridized carbons (Fsp3) is 0.435. The van der Waals surface area contributed by atoms with Gasteiger partial charge >= 0.3 is 0 Å². The first-order chi connectivity index (χ1) is 14.8. The Morgan fingerprint density at radius 3 is 2.84 bits per heavy atom. The molecule has 2 aromatic rings. The summed E-state index contributed by atoms with van der Waals surface area (Å²) in [6.07, 6.45) is 5.30. The topological polar surface area (TPSA) is 90.0 Å². The van der Waals surface area contributed by atoms with Crippen LogP contribution < -0.4 is 10.5 Å². The lowest BCUT2D eigenvalue weighted by atomic mass is 9.79. The van der Waals surface area contributed by atoms with E-state index in [2.05, 4.69) is 9.98 Å². The first-order valence-corrected chi connectivity index (χ1v) is 10.9. The Morgan fingerprint density at radius 1 is 1.35 bits per heavy atom. The molecule has 0 bridgehead atoms. The highest BCUT2D eigenvalue weighted by Gasteiger charge is 2.53. The van der Waals surface area contributed by atoms with Crippen LogP contribution in [0.1, 0.15) is 38.7 Å². The predicted octanol–water partition coefficient (Wildman–Crippen LogP) is 3.74. The van der Waals surface area contributed by atoms with Crippen molar-refractivity contribution < 1.29 is 14.3 Å². The molecule has 2 aliphatic heterocycles. The molecule has 7 nitrogen and oxygen atoms in total. The highest BCUT2D eigenvalue weighted by Crippen LogP contribution is 2.47. The third kappa shape index (κ3) is 4.00. The number of rotatable bonds is 6. The number of likely N-dealkylation sites (N-methyl/N-ethyl adjacent to an activating group) is 1. The van der Waals surface area contributed by atoms with Gasteiger partial charge in [-0.3, -0.25) is 14.7 Å². The minimum absolute atomic E-state index is 0.124. The predicted molar refractivity (Wildman–Crippen MR) is 120 cm³/mol. The lowest BCUT2D eigenvalue weighted by Crippen LogP contribution is -2.45. The number of amides is 1. The summed E-state index contributed by atoms with van der Waals surface area (Å²) >= 11 is 6.13. The van der Waals surface area contributed by atoms with E-state index in [1.54, 1.807) is 19.4 Å². The van der Waals surface area contributed by atoms with E-state index in [0.717, 1.165) is 29.5 Å². The molecule has 31 heavy (non-hydrogen) atoms. The Labute approximate surface area is 187 Å². The first kappa shape index (κ1) is 21.6. The van der Waals surface area contributed by atoms with Gasteiger partial charge < -0.3 is 15.2 Å². The van der Waals surface area contributed by atoms with E-state index in [0.29, 0.717) is 23.8 Å². The first-order valence-electron chi connectivity index (χ1n) is 10.5. The second-order valence-corrected chi connectivity index (χ2v) is 8.52. The van der Waals surface area contributed by atoms with Crippen molar-refractivity contribution in [2.45, 2.75) is 50.9 Å². The number of carbonyl (C=O) groups is 1. The van der Waals surface area contributed by atoms with E-state index in [1.807, 2.05) is 38.1 Å². The number of pyridine rings is 1. The van der Waals surface area contributed by atoms with Crippen LogP contribution in [0.3, 0.4) is 0 Å². The third-order valence-corrected chi connectivity index (χ3v) is 6.14. The van der Waals surface area contributed by atoms with Gasteiger partial charge in [-0.15, -0.1) is 0 Å². The Hall–Kier alpha value is -2.64. The number of fused-ring (bicyclic) bond motifs is 2. The third-order valence-electron chi connectivity index (χ3n) is 5.93. The van der Waals surface area contributed by atoms with E-state index in [9.17, 15) is 4.79 Å². The molecule has 164 valence electrons. The van der Waals surface area contributed by atoms with Gasteiger partial charge in [0.05, 0.1) is 11.1 Å². The molecule has 3 heterocycles. The fourth-order valence-corrected chi connectivity index (χ4v) is 4.50. The lowest BCUT2D eigenvalue weighted by Gasteiger charge is -2.37. The molecule has 8 heteroatoms. The zero-order valence-corrected chi connectivity index (χ0v) is 18.7. The van der Waals surface area contributed by atoms with Crippen molar-refractivity contribution in [1.82, 2.24) is 9.88 Å². The number of hydrogen-bond acceptors (Lipinski definition) is 6. The fourth-order valence-electron chi connectivity index (χ4n) is 4.32. The lowest BCUT2D eigenvalue weighted by molar-refractivity contribution is -0.132. The maximum Gasteiger partial charge on any atom is 0.261 e. The van der Waals surface area contributed by atoms with Crippen LogP contribution in [0.2, 0.25) is 5.02 Å². The van der Waals surface area contributed by atoms with E-state index in [4.69, 9.17) is 26.8 Å². The molecule has 2 unspecified atom stereocenters.